The van der Waals surface area contributed by atoms with E-state index in [0.717, 1.165) is 6.42 Å². The molecule has 1 aliphatic rings. The first-order valence-electron chi connectivity index (χ1n) is 7.54. The summed E-state index contributed by atoms with van der Waals surface area (Å²) in [7, 11) is 0. The second-order valence-corrected chi connectivity index (χ2v) is 6.04. The van der Waals surface area contributed by atoms with Crippen LogP contribution in [-0.2, 0) is 0 Å². The minimum Gasteiger partial charge on any atom is -0.0836 e. The molecule has 1 aliphatic carbocycles. The zero-order chi connectivity index (χ0) is 13.6. The van der Waals surface area contributed by atoms with E-state index in [1.54, 1.807) is 5.57 Å². The number of rotatable bonds is 4. The Labute approximate surface area is 114 Å². The van der Waals surface area contributed by atoms with E-state index in [1.165, 1.54) is 43.3 Å². The molecule has 0 spiro atoms. The fourth-order valence-corrected chi connectivity index (χ4v) is 3.13. The van der Waals surface area contributed by atoms with Crippen molar-refractivity contribution in [2.45, 2.75) is 73.1 Å². The molecule has 0 amide bonds. The summed E-state index contributed by atoms with van der Waals surface area (Å²) in [5.74, 6) is 0. The van der Waals surface area contributed by atoms with Crippen molar-refractivity contribution in [3.63, 3.8) is 0 Å². The zero-order valence-electron chi connectivity index (χ0n) is 13.0. The highest BCUT2D eigenvalue weighted by Gasteiger charge is 2.30. The van der Waals surface area contributed by atoms with Crippen LogP contribution in [0.2, 0.25) is 0 Å². The lowest BCUT2D eigenvalue weighted by atomic mass is 9.68. The van der Waals surface area contributed by atoms with E-state index < -0.39 is 0 Å². The van der Waals surface area contributed by atoms with Crippen molar-refractivity contribution >= 4 is 0 Å². The predicted molar refractivity (Wildman–Crippen MR) is 82.8 cm³/mol. The zero-order valence-corrected chi connectivity index (χ0v) is 13.0. The van der Waals surface area contributed by atoms with Crippen LogP contribution in [0.25, 0.3) is 0 Å². The molecule has 0 aromatic heterocycles. The molecule has 0 heteroatoms. The molecule has 18 heavy (non-hydrogen) atoms. The Morgan fingerprint density at radius 2 is 1.67 bits per heavy atom. The molecule has 0 N–H and O–H groups in total. The van der Waals surface area contributed by atoms with Crippen LogP contribution in [0.15, 0.2) is 34.9 Å². The van der Waals surface area contributed by atoms with Crippen molar-refractivity contribution in [3.05, 3.63) is 34.9 Å². The lowest BCUT2D eigenvalue weighted by molar-refractivity contribution is 0.270. The van der Waals surface area contributed by atoms with E-state index in [1.807, 2.05) is 0 Å². The Balaban J connectivity index is 2.89. The van der Waals surface area contributed by atoms with Crippen LogP contribution >= 0.6 is 0 Å². The van der Waals surface area contributed by atoms with Gasteiger partial charge in [-0.2, -0.15) is 0 Å². The van der Waals surface area contributed by atoms with Crippen molar-refractivity contribution in [1.82, 2.24) is 0 Å². The first-order valence-corrected chi connectivity index (χ1v) is 7.54. The van der Waals surface area contributed by atoms with Gasteiger partial charge in [0.25, 0.3) is 0 Å². The van der Waals surface area contributed by atoms with Crippen LogP contribution in [0.5, 0.6) is 0 Å². The average molecular weight is 246 g/mol. The minimum absolute atomic E-state index is 0.418. The highest BCUT2D eigenvalue weighted by molar-refractivity contribution is 5.37. The van der Waals surface area contributed by atoms with Crippen LogP contribution in [0.3, 0.4) is 0 Å². The van der Waals surface area contributed by atoms with E-state index in [4.69, 9.17) is 0 Å². The third kappa shape index (κ3) is 3.86. The predicted octanol–water partition coefficient (Wildman–Crippen LogP) is 6.21. The maximum absolute atomic E-state index is 2.45. The third-order valence-corrected chi connectivity index (χ3v) is 4.50. The maximum atomic E-state index is 2.45. The molecule has 0 aliphatic heterocycles. The second-order valence-electron chi connectivity index (χ2n) is 6.04. The topological polar surface area (TPSA) is 0 Å². The summed E-state index contributed by atoms with van der Waals surface area (Å²) >= 11 is 0. The normalized spacial score (nSPS) is 22.2. The van der Waals surface area contributed by atoms with Crippen LogP contribution in [-0.4, -0.2) is 0 Å². The number of allylic oxidation sites excluding steroid dienone is 6. The Morgan fingerprint density at radius 1 is 1.06 bits per heavy atom. The van der Waals surface area contributed by atoms with Crippen molar-refractivity contribution in [1.29, 1.82) is 0 Å². The molecule has 0 unspecified atom stereocenters. The standard InChI is InChI=1S/C18H30/c1-6-15(3)11-12-16(4)17(7-2)18(5)13-9-8-10-14-18/h7,11-12H,6,8-10,13-14H2,1-5H3/b15-11-,16-12+,17-7+. The molecule has 0 atom stereocenters. The molecule has 0 heterocycles. The van der Waals surface area contributed by atoms with Crippen molar-refractivity contribution in [3.8, 4) is 0 Å². The van der Waals surface area contributed by atoms with Crippen LogP contribution in [0.1, 0.15) is 73.1 Å². The molecule has 1 saturated carbocycles. The maximum Gasteiger partial charge on any atom is -0.00759 e. The summed E-state index contributed by atoms with van der Waals surface area (Å²) in [6, 6.07) is 0. The number of hydrogen-bond acceptors (Lipinski definition) is 0. The van der Waals surface area contributed by atoms with Crippen LogP contribution in [0.4, 0.5) is 0 Å². The summed E-state index contributed by atoms with van der Waals surface area (Å²) in [4.78, 5) is 0. The Hall–Kier alpha value is -0.780. The van der Waals surface area contributed by atoms with Gasteiger partial charge in [0, 0.05) is 0 Å². The molecule has 0 nitrogen and oxygen atoms in total. The van der Waals surface area contributed by atoms with Gasteiger partial charge >= 0.3 is 0 Å². The largest absolute Gasteiger partial charge is 0.0836 e. The Kier molecular flexibility index (Phi) is 5.91. The smallest absolute Gasteiger partial charge is 0.00759 e. The summed E-state index contributed by atoms with van der Waals surface area (Å²) in [6.45, 7) is 11.3. The third-order valence-electron chi connectivity index (χ3n) is 4.50. The van der Waals surface area contributed by atoms with Gasteiger partial charge in [-0.05, 0) is 56.6 Å². The second kappa shape index (κ2) is 6.97. The SMILES string of the molecule is C\C=C(/C(C)=C/C=C(/C)CC)C1(C)CCCCC1. The quantitative estimate of drug-likeness (QED) is 0.518. The highest BCUT2D eigenvalue weighted by atomic mass is 14.3. The van der Waals surface area contributed by atoms with Gasteiger partial charge in [-0.1, -0.05) is 56.9 Å². The van der Waals surface area contributed by atoms with Gasteiger partial charge in [-0.25, -0.2) is 0 Å². The van der Waals surface area contributed by atoms with Crippen molar-refractivity contribution < 1.29 is 0 Å². The minimum atomic E-state index is 0.418. The van der Waals surface area contributed by atoms with Crippen LogP contribution in [0, 0.1) is 5.41 Å². The highest BCUT2D eigenvalue weighted by Crippen LogP contribution is 2.44. The fourth-order valence-electron chi connectivity index (χ4n) is 3.13. The molecule has 0 aromatic carbocycles. The van der Waals surface area contributed by atoms with Gasteiger partial charge < -0.3 is 0 Å². The number of hydrogen-bond donors (Lipinski definition) is 0. The summed E-state index contributed by atoms with van der Waals surface area (Å²) in [6.07, 6.45) is 15.0. The van der Waals surface area contributed by atoms with Gasteiger partial charge in [0.1, 0.15) is 0 Å². The molecule has 0 saturated heterocycles. The van der Waals surface area contributed by atoms with Gasteiger partial charge in [0.15, 0.2) is 0 Å². The van der Waals surface area contributed by atoms with E-state index in [-0.39, 0.29) is 0 Å². The molecule has 0 radical (unpaired) electrons. The molecule has 0 bridgehead atoms. The van der Waals surface area contributed by atoms with Gasteiger partial charge in [0.05, 0.1) is 0 Å². The van der Waals surface area contributed by atoms with Crippen molar-refractivity contribution in [2.24, 2.45) is 5.41 Å². The summed E-state index contributed by atoms with van der Waals surface area (Å²) < 4.78 is 0. The molecular weight excluding hydrogens is 216 g/mol. The van der Waals surface area contributed by atoms with Gasteiger partial charge in [-0.15, -0.1) is 0 Å². The first-order chi connectivity index (χ1) is 8.53. The Bertz CT molecular complexity index is 346. The summed E-state index contributed by atoms with van der Waals surface area (Å²) in [5.41, 5.74) is 4.90. The van der Waals surface area contributed by atoms with E-state index in [9.17, 15) is 0 Å². The lowest BCUT2D eigenvalue weighted by Gasteiger charge is -2.36. The average Bonchev–Trinajstić information content (AvgIpc) is 2.37. The molecule has 0 aromatic rings. The summed E-state index contributed by atoms with van der Waals surface area (Å²) in [5, 5.41) is 0. The van der Waals surface area contributed by atoms with Gasteiger partial charge in [0.2, 0.25) is 0 Å². The van der Waals surface area contributed by atoms with E-state index in [0.29, 0.717) is 5.41 Å². The molecular formula is C18H30. The molecule has 1 rings (SSSR count). The van der Waals surface area contributed by atoms with Gasteiger partial charge in [-0.3, -0.25) is 0 Å². The molecule has 1 fully saturated rings. The van der Waals surface area contributed by atoms with E-state index in [2.05, 4.69) is 52.8 Å². The fraction of sp³-hybridized carbons (Fsp3) is 0.667. The monoisotopic (exact) mass is 246 g/mol. The lowest BCUT2D eigenvalue weighted by Crippen LogP contribution is -2.23. The Morgan fingerprint density at radius 3 is 2.17 bits per heavy atom. The molecule has 102 valence electrons. The first kappa shape index (κ1) is 15.3. The van der Waals surface area contributed by atoms with Crippen LogP contribution < -0.4 is 0 Å². The van der Waals surface area contributed by atoms with E-state index >= 15 is 0 Å². The van der Waals surface area contributed by atoms with Crippen molar-refractivity contribution in [2.75, 3.05) is 0 Å².